The minimum absolute atomic E-state index is 0.125. The molecule has 0 aromatic carbocycles. The summed E-state index contributed by atoms with van der Waals surface area (Å²) in [4.78, 5) is 35.6. The lowest BCUT2D eigenvalue weighted by Gasteiger charge is -2.26. The van der Waals surface area contributed by atoms with Crippen LogP contribution in [0.1, 0.15) is 13.3 Å². The minimum Gasteiger partial charge on any atom is -0.450 e. The number of thioether (sulfide) groups is 1. The van der Waals surface area contributed by atoms with E-state index >= 15 is 0 Å². The van der Waals surface area contributed by atoms with Crippen molar-refractivity contribution >= 4 is 29.7 Å². The summed E-state index contributed by atoms with van der Waals surface area (Å²) in [5, 5.41) is 11.1. The van der Waals surface area contributed by atoms with E-state index in [1.807, 2.05) is 0 Å². The zero-order valence-corrected chi connectivity index (χ0v) is 13.3. The quantitative estimate of drug-likeness (QED) is 0.524. The first-order chi connectivity index (χ1) is 10.6. The van der Waals surface area contributed by atoms with E-state index in [4.69, 9.17) is 4.74 Å². The highest BCUT2D eigenvalue weighted by atomic mass is 32.2. The maximum absolute atomic E-state index is 12.2. The Hall–Kier alpha value is -1.32. The molecule has 2 saturated heterocycles. The molecule has 0 aromatic heterocycles. The Morgan fingerprint density at radius 3 is 2.77 bits per heavy atom. The SMILES string of the molecule is CCOC(=O)NC(=O)C1CCSC1NC(=O)C1CNCCN1. The van der Waals surface area contributed by atoms with Crippen molar-refractivity contribution in [2.45, 2.75) is 24.8 Å². The van der Waals surface area contributed by atoms with E-state index in [2.05, 4.69) is 21.3 Å². The zero-order valence-electron chi connectivity index (χ0n) is 12.5. The van der Waals surface area contributed by atoms with Crippen LogP contribution >= 0.6 is 11.8 Å². The second-order valence-corrected chi connectivity index (χ2v) is 6.37. The van der Waals surface area contributed by atoms with Crippen LogP contribution in [-0.2, 0) is 14.3 Å². The summed E-state index contributed by atoms with van der Waals surface area (Å²) in [5.41, 5.74) is 0. The lowest BCUT2D eigenvalue weighted by atomic mass is 10.1. The van der Waals surface area contributed by atoms with Crippen molar-refractivity contribution in [3.8, 4) is 0 Å². The number of hydrogen-bond acceptors (Lipinski definition) is 7. The number of nitrogens with one attached hydrogen (secondary N) is 4. The number of amides is 3. The monoisotopic (exact) mass is 330 g/mol. The molecule has 3 unspecified atom stereocenters. The van der Waals surface area contributed by atoms with Crippen LogP contribution in [0.15, 0.2) is 0 Å². The van der Waals surface area contributed by atoms with Crippen LogP contribution < -0.4 is 21.3 Å². The highest BCUT2D eigenvalue weighted by Crippen LogP contribution is 2.30. The van der Waals surface area contributed by atoms with Crippen molar-refractivity contribution in [3.05, 3.63) is 0 Å². The lowest BCUT2D eigenvalue weighted by molar-refractivity contribution is -0.126. The van der Waals surface area contributed by atoms with E-state index in [0.29, 0.717) is 13.0 Å². The molecule has 0 radical (unpaired) electrons. The van der Waals surface area contributed by atoms with Crippen molar-refractivity contribution in [1.29, 1.82) is 0 Å². The topological polar surface area (TPSA) is 109 Å². The van der Waals surface area contributed by atoms with E-state index in [0.717, 1.165) is 18.8 Å². The molecule has 0 saturated carbocycles. The Morgan fingerprint density at radius 2 is 2.09 bits per heavy atom. The molecule has 9 heteroatoms. The van der Waals surface area contributed by atoms with Crippen LogP contribution in [0.5, 0.6) is 0 Å². The van der Waals surface area contributed by atoms with Crippen LogP contribution in [0.25, 0.3) is 0 Å². The molecule has 8 nitrogen and oxygen atoms in total. The fraction of sp³-hybridized carbons (Fsp3) is 0.769. The van der Waals surface area contributed by atoms with E-state index in [-0.39, 0.29) is 23.9 Å². The number of rotatable bonds is 4. The van der Waals surface area contributed by atoms with Gasteiger partial charge in [-0.25, -0.2) is 4.79 Å². The third kappa shape index (κ3) is 4.59. The van der Waals surface area contributed by atoms with E-state index in [1.165, 1.54) is 11.8 Å². The van der Waals surface area contributed by atoms with Gasteiger partial charge in [-0.3, -0.25) is 14.9 Å². The van der Waals surface area contributed by atoms with Crippen molar-refractivity contribution in [1.82, 2.24) is 21.3 Å². The molecule has 3 atom stereocenters. The number of alkyl carbamates (subject to hydrolysis) is 1. The van der Waals surface area contributed by atoms with Gasteiger partial charge >= 0.3 is 6.09 Å². The van der Waals surface area contributed by atoms with Gasteiger partial charge in [-0.2, -0.15) is 0 Å². The average Bonchev–Trinajstić information content (AvgIpc) is 2.96. The smallest absolute Gasteiger partial charge is 0.413 e. The summed E-state index contributed by atoms with van der Waals surface area (Å²) in [7, 11) is 0. The molecule has 0 bridgehead atoms. The van der Waals surface area contributed by atoms with Gasteiger partial charge in [0.2, 0.25) is 11.8 Å². The Bertz CT molecular complexity index is 428. The maximum atomic E-state index is 12.2. The molecule has 4 N–H and O–H groups in total. The summed E-state index contributed by atoms with van der Waals surface area (Å²) in [6.07, 6.45) is -0.121. The zero-order chi connectivity index (χ0) is 15.9. The Morgan fingerprint density at radius 1 is 1.27 bits per heavy atom. The molecule has 2 aliphatic rings. The van der Waals surface area contributed by atoms with Crippen LogP contribution in [0, 0.1) is 5.92 Å². The van der Waals surface area contributed by atoms with Gasteiger partial charge in [0, 0.05) is 19.6 Å². The van der Waals surface area contributed by atoms with Gasteiger partial charge in [-0.05, 0) is 19.1 Å². The maximum Gasteiger partial charge on any atom is 0.413 e. The number of carbonyl (C=O) groups excluding carboxylic acids is 3. The Kier molecular flexibility index (Phi) is 6.47. The van der Waals surface area contributed by atoms with Gasteiger partial charge in [0.05, 0.1) is 23.9 Å². The highest BCUT2D eigenvalue weighted by molar-refractivity contribution is 8.00. The summed E-state index contributed by atoms with van der Waals surface area (Å²) < 4.78 is 4.70. The molecule has 2 fully saturated rings. The van der Waals surface area contributed by atoms with Crippen LogP contribution in [-0.4, -0.2) is 61.3 Å². The summed E-state index contributed by atoms with van der Waals surface area (Å²) in [6, 6.07) is -0.288. The Labute approximate surface area is 133 Å². The van der Waals surface area contributed by atoms with Crippen molar-refractivity contribution in [3.63, 3.8) is 0 Å². The molecular formula is C13H22N4O4S. The van der Waals surface area contributed by atoms with Crippen LogP contribution in [0.3, 0.4) is 0 Å². The highest BCUT2D eigenvalue weighted by Gasteiger charge is 2.36. The molecule has 0 aliphatic carbocycles. The number of ether oxygens (including phenoxy) is 1. The second-order valence-electron chi connectivity index (χ2n) is 5.12. The number of imide groups is 1. The van der Waals surface area contributed by atoms with E-state index in [1.54, 1.807) is 6.92 Å². The van der Waals surface area contributed by atoms with Gasteiger partial charge in [0.25, 0.3) is 0 Å². The predicted molar refractivity (Wildman–Crippen MR) is 82.3 cm³/mol. The molecule has 0 spiro atoms. The third-order valence-electron chi connectivity index (χ3n) is 3.57. The molecule has 0 aromatic rings. The molecule has 2 rings (SSSR count). The van der Waals surface area contributed by atoms with Crippen molar-refractivity contribution in [2.24, 2.45) is 5.92 Å². The summed E-state index contributed by atoms with van der Waals surface area (Å²) in [6.45, 7) is 4.03. The van der Waals surface area contributed by atoms with Gasteiger partial charge < -0.3 is 20.7 Å². The number of piperazine rings is 1. The van der Waals surface area contributed by atoms with Gasteiger partial charge in [-0.15, -0.1) is 11.8 Å². The van der Waals surface area contributed by atoms with Gasteiger partial charge in [0.1, 0.15) is 0 Å². The fourth-order valence-electron chi connectivity index (χ4n) is 2.44. The van der Waals surface area contributed by atoms with Crippen molar-refractivity contribution in [2.75, 3.05) is 32.0 Å². The molecule has 3 amide bonds. The second kappa shape index (κ2) is 8.35. The molecule has 2 aliphatic heterocycles. The van der Waals surface area contributed by atoms with E-state index in [9.17, 15) is 14.4 Å². The molecular weight excluding hydrogens is 308 g/mol. The molecule has 2 heterocycles. The van der Waals surface area contributed by atoms with Crippen molar-refractivity contribution < 1.29 is 19.1 Å². The average molecular weight is 330 g/mol. The van der Waals surface area contributed by atoms with Gasteiger partial charge in [0.15, 0.2) is 0 Å². The van der Waals surface area contributed by atoms with Gasteiger partial charge in [-0.1, -0.05) is 0 Å². The lowest BCUT2D eigenvalue weighted by Crippen LogP contribution is -2.57. The normalized spacial score (nSPS) is 28.0. The number of hydrogen-bond donors (Lipinski definition) is 4. The first kappa shape index (κ1) is 17.0. The largest absolute Gasteiger partial charge is 0.450 e. The third-order valence-corrected chi connectivity index (χ3v) is 4.85. The first-order valence-electron chi connectivity index (χ1n) is 7.45. The molecule has 22 heavy (non-hydrogen) atoms. The number of carbonyl (C=O) groups is 3. The Balaban J connectivity index is 1.85. The summed E-state index contributed by atoms with van der Waals surface area (Å²) in [5.74, 6) is -0.179. The minimum atomic E-state index is -0.743. The standard InChI is InChI=1S/C13H22N4O4S/c1-2-21-13(20)17-10(18)8-3-6-22-12(8)16-11(19)9-7-14-4-5-15-9/h8-9,12,14-15H,2-7H2,1H3,(H,16,19)(H,17,18,20). The summed E-state index contributed by atoms with van der Waals surface area (Å²) >= 11 is 1.52. The van der Waals surface area contributed by atoms with E-state index < -0.39 is 17.9 Å². The van der Waals surface area contributed by atoms with Crippen LogP contribution in [0.2, 0.25) is 0 Å². The van der Waals surface area contributed by atoms with Crippen LogP contribution in [0.4, 0.5) is 4.79 Å². The molecule has 124 valence electrons. The fourth-order valence-corrected chi connectivity index (χ4v) is 3.78. The predicted octanol–water partition coefficient (Wildman–Crippen LogP) is -0.984. The first-order valence-corrected chi connectivity index (χ1v) is 8.50.